The average Bonchev–Trinajstić information content (AvgIpc) is 2.82. The molecule has 1 amide bonds. The van der Waals surface area contributed by atoms with Crippen LogP contribution in [0.1, 0.15) is 6.92 Å². The Hall–Kier alpha value is -2.06. The van der Waals surface area contributed by atoms with E-state index >= 15 is 0 Å². The van der Waals surface area contributed by atoms with Gasteiger partial charge in [-0.25, -0.2) is 8.42 Å². The number of benzene rings is 1. The Bertz CT molecular complexity index is 767. The van der Waals surface area contributed by atoms with E-state index < -0.39 is 10.0 Å². The van der Waals surface area contributed by atoms with E-state index in [0.717, 1.165) is 4.31 Å². The Morgan fingerprint density at radius 1 is 1.43 bits per heavy atom. The second-order valence-electron chi connectivity index (χ2n) is 4.67. The number of sulfonamides is 1. The Morgan fingerprint density at radius 2 is 2.14 bits per heavy atom. The number of aromatic amines is 1. The minimum Gasteiger partial charge on any atom is -0.399 e. The van der Waals surface area contributed by atoms with Crippen LogP contribution in [0.25, 0.3) is 10.9 Å². The number of carbonyl (C=O) groups excluding carboxylic acids is 1. The molecule has 1 heterocycles. The average molecular weight is 310 g/mol. The van der Waals surface area contributed by atoms with E-state index in [0.29, 0.717) is 23.1 Å². The zero-order valence-electron chi connectivity index (χ0n) is 11.9. The number of fused-ring (bicyclic) bond motifs is 1. The predicted molar refractivity (Wildman–Crippen MR) is 81.2 cm³/mol. The molecule has 2 rings (SSSR count). The van der Waals surface area contributed by atoms with Gasteiger partial charge in [0.05, 0.1) is 6.54 Å². The van der Waals surface area contributed by atoms with Gasteiger partial charge in [0.25, 0.3) is 0 Å². The third-order valence-corrected chi connectivity index (χ3v) is 4.94. The van der Waals surface area contributed by atoms with Crippen LogP contribution in [-0.2, 0) is 14.8 Å². The monoisotopic (exact) mass is 310 g/mol. The summed E-state index contributed by atoms with van der Waals surface area (Å²) >= 11 is 0. The van der Waals surface area contributed by atoms with E-state index in [1.165, 1.54) is 13.2 Å². The van der Waals surface area contributed by atoms with Gasteiger partial charge in [-0.1, -0.05) is 0 Å². The summed E-state index contributed by atoms with van der Waals surface area (Å²) in [6, 6.07) is 5.00. The topological polar surface area (TPSA) is 108 Å². The zero-order chi connectivity index (χ0) is 15.6. The van der Waals surface area contributed by atoms with Crippen molar-refractivity contribution in [1.29, 1.82) is 0 Å². The quantitative estimate of drug-likeness (QED) is 0.699. The normalized spacial score (nSPS) is 12.0. The van der Waals surface area contributed by atoms with Crippen LogP contribution in [0.15, 0.2) is 29.3 Å². The molecule has 114 valence electrons. The molecule has 0 radical (unpaired) electrons. The zero-order valence-corrected chi connectivity index (χ0v) is 12.7. The van der Waals surface area contributed by atoms with Crippen LogP contribution in [0.2, 0.25) is 0 Å². The first-order chi connectivity index (χ1) is 9.86. The molecule has 0 saturated carbocycles. The van der Waals surface area contributed by atoms with E-state index in [1.54, 1.807) is 25.1 Å². The highest BCUT2D eigenvalue weighted by atomic mass is 32.2. The van der Waals surface area contributed by atoms with Gasteiger partial charge in [0.15, 0.2) is 0 Å². The number of anilines is 1. The van der Waals surface area contributed by atoms with Gasteiger partial charge in [-0.15, -0.1) is 0 Å². The Balaban J connectivity index is 2.37. The third-order valence-electron chi connectivity index (χ3n) is 3.10. The van der Waals surface area contributed by atoms with Crippen LogP contribution in [0.4, 0.5) is 5.69 Å². The van der Waals surface area contributed by atoms with Crippen LogP contribution >= 0.6 is 0 Å². The number of H-pyrrole nitrogens is 1. The first kappa shape index (κ1) is 15.3. The molecule has 0 spiro atoms. The van der Waals surface area contributed by atoms with Gasteiger partial charge in [-0.3, -0.25) is 4.79 Å². The third kappa shape index (κ3) is 3.01. The van der Waals surface area contributed by atoms with Crippen molar-refractivity contribution in [1.82, 2.24) is 14.6 Å². The number of likely N-dealkylation sites (N-methyl/N-ethyl adjacent to an activating group) is 2. The van der Waals surface area contributed by atoms with Crippen LogP contribution in [0.5, 0.6) is 0 Å². The Morgan fingerprint density at radius 3 is 2.81 bits per heavy atom. The Labute approximate surface area is 123 Å². The summed E-state index contributed by atoms with van der Waals surface area (Å²) in [7, 11) is -2.40. The lowest BCUT2D eigenvalue weighted by Crippen LogP contribution is -2.38. The maximum atomic E-state index is 12.5. The number of carbonyl (C=O) groups is 1. The maximum absolute atomic E-state index is 12.5. The standard InChI is InChI=1S/C13H18N4O3S/c1-3-15-13(18)8-17(2)21(19,20)12-7-16-11-5-4-9(14)6-10(11)12/h4-7,16H,3,8,14H2,1-2H3,(H,15,18). The lowest BCUT2D eigenvalue weighted by Gasteiger charge is -2.16. The van der Waals surface area contributed by atoms with Crippen LogP contribution in [-0.4, -0.2) is 43.8 Å². The van der Waals surface area contributed by atoms with Gasteiger partial charge in [0, 0.05) is 36.4 Å². The fraction of sp³-hybridized carbons (Fsp3) is 0.308. The molecule has 0 unspecified atom stereocenters. The maximum Gasteiger partial charge on any atom is 0.245 e. The van der Waals surface area contributed by atoms with Gasteiger partial charge in [-0.05, 0) is 25.1 Å². The van der Waals surface area contributed by atoms with Crippen molar-refractivity contribution in [2.75, 3.05) is 25.9 Å². The number of nitrogens with two attached hydrogens (primary N) is 1. The fourth-order valence-corrected chi connectivity index (χ4v) is 3.31. The van der Waals surface area contributed by atoms with E-state index in [9.17, 15) is 13.2 Å². The second-order valence-corrected chi connectivity index (χ2v) is 6.69. The summed E-state index contributed by atoms with van der Waals surface area (Å²) in [4.78, 5) is 14.5. The molecule has 2 aromatic rings. The lowest BCUT2D eigenvalue weighted by molar-refractivity contribution is -0.121. The van der Waals surface area contributed by atoms with E-state index in [4.69, 9.17) is 5.73 Å². The second kappa shape index (κ2) is 5.74. The van der Waals surface area contributed by atoms with E-state index in [2.05, 4.69) is 10.3 Å². The molecule has 1 aromatic carbocycles. The molecule has 0 aliphatic rings. The number of nitrogen functional groups attached to an aromatic ring is 1. The van der Waals surface area contributed by atoms with Crippen LogP contribution in [0, 0.1) is 0 Å². The number of hydrogen-bond donors (Lipinski definition) is 3. The highest BCUT2D eigenvalue weighted by molar-refractivity contribution is 7.89. The molecule has 21 heavy (non-hydrogen) atoms. The molecule has 0 fully saturated rings. The highest BCUT2D eigenvalue weighted by Gasteiger charge is 2.25. The van der Waals surface area contributed by atoms with Crippen molar-refractivity contribution in [3.8, 4) is 0 Å². The van der Waals surface area contributed by atoms with Crippen molar-refractivity contribution in [2.24, 2.45) is 0 Å². The van der Waals surface area contributed by atoms with Crippen molar-refractivity contribution >= 4 is 32.5 Å². The number of amides is 1. The first-order valence-electron chi connectivity index (χ1n) is 6.46. The number of rotatable bonds is 5. The van der Waals surface area contributed by atoms with E-state index in [-0.39, 0.29) is 17.3 Å². The summed E-state index contributed by atoms with van der Waals surface area (Å²) in [6.07, 6.45) is 1.41. The molecule has 0 bridgehead atoms. The smallest absolute Gasteiger partial charge is 0.245 e. The molecular formula is C13H18N4O3S. The Kier molecular flexibility index (Phi) is 4.19. The SMILES string of the molecule is CCNC(=O)CN(C)S(=O)(=O)c1c[nH]c2ccc(N)cc12. The van der Waals surface area contributed by atoms with Crippen molar-refractivity contribution < 1.29 is 13.2 Å². The first-order valence-corrected chi connectivity index (χ1v) is 7.90. The molecule has 8 heteroatoms. The van der Waals surface area contributed by atoms with Gasteiger partial charge in [0.2, 0.25) is 15.9 Å². The van der Waals surface area contributed by atoms with Gasteiger partial charge >= 0.3 is 0 Å². The number of nitrogens with zero attached hydrogens (tertiary/aromatic N) is 1. The van der Waals surface area contributed by atoms with Gasteiger partial charge in [-0.2, -0.15) is 4.31 Å². The van der Waals surface area contributed by atoms with Gasteiger partial charge in [0.1, 0.15) is 4.90 Å². The van der Waals surface area contributed by atoms with Crippen LogP contribution in [0.3, 0.4) is 0 Å². The summed E-state index contributed by atoms with van der Waals surface area (Å²) in [5, 5.41) is 3.08. The van der Waals surface area contributed by atoms with E-state index in [1.807, 2.05) is 0 Å². The van der Waals surface area contributed by atoms with Crippen molar-refractivity contribution in [3.05, 3.63) is 24.4 Å². The molecular weight excluding hydrogens is 292 g/mol. The largest absolute Gasteiger partial charge is 0.399 e. The number of nitrogens with one attached hydrogen (secondary N) is 2. The highest BCUT2D eigenvalue weighted by Crippen LogP contribution is 2.26. The van der Waals surface area contributed by atoms with Crippen molar-refractivity contribution in [3.63, 3.8) is 0 Å². The summed E-state index contributed by atoms with van der Waals surface area (Å²) in [5.74, 6) is -0.345. The van der Waals surface area contributed by atoms with Gasteiger partial charge < -0.3 is 16.0 Å². The summed E-state index contributed by atoms with van der Waals surface area (Å²) < 4.78 is 26.1. The predicted octanol–water partition coefficient (Wildman–Crippen LogP) is 0.507. The molecule has 0 saturated heterocycles. The molecule has 1 aromatic heterocycles. The molecule has 0 aliphatic carbocycles. The molecule has 7 nitrogen and oxygen atoms in total. The summed E-state index contributed by atoms with van der Waals surface area (Å²) in [6.45, 7) is 2.00. The lowest BCUT2D eigenvalue weighted by atomic mass is 10.2. The molecule has 0 atom stereocenters. The minimum atomic E-state index is -3.77. The number of aromatic nitrogens is 1. The summed E-state index contributed by atoms with van der Waals surface area (Å²) in [5.41, 5.74) is 6.86. The minimum absolute atomic E-state index is 0.108. The van der Waals surface area contributed by atoms with Crippen molar-refractivity contribution in [2.45, 2.75) is 11.8 Å². The number of hydrogen-bond acceptors (Lipinski definition) is 4. The fourth-order valence-electron chi connectivity index (χ4n) is 2.03. The molecule has 0 aliphatic heterocycles. The molecule has 4 N–H and O–H groups in total. The van der Waals surface area contributed by atoms with Crippen LogP contribution < -0.4 is 11.1 Å².